The van der Waals surface area contributed by atoms with Gasteiger partial charge in [-0.25, -0.2) is 46.2 Å². The quantitative estimate of drug-likeness (QED) is 0.0828. The Morgan fingerprint density at radius 2 is 1.03 bits per heavy atom. The zero-order chi connectivity index (χ0) is 43.0. The van der Waals surface area contributed by atoms with Gasteiger partial charge in [-0.3, -0.25) is 8.80 Å². The van der Waals surface area contributed by atoms with E-state index in [0.717, 1.165) is 83.5 Å². The summed E-state index contributed by atoms with van der Waals surface area (Å²) >= 11 is 0. The molecule has 14 nitrogen and oxygen atoms in total. The van der Waals surface area contributed by atoms with Crippen molar-refractivity contribution in [1.29, 1.82) is 0 Å². The molecular formula is C38H48F6N10O4S2. The number of nitrogens with zero attached hydrogens (tertiary/aromatic N) is 6. The summed E-state index contributed by atoms with van der Waals surface area (Å²) in [5, 5.41) is 0. The van der Waals surface area contributed by atoms with Crippen molar-refractivity contribution in [3.63, 3.8) is 0 Å². The fourth-order valence-electron chi connectivity index (χ4n) is 9.08. The first-order valence-corrected chi connectivity index (χ1v) is 23.3. The van der Waals surface area contributed by atoms with E-state index in [4.69, 9.17) is 0 Å². The fourth-order valence-corrected chi connectivity index (χ4v) is 11.4. The van der Waals surface area contributed by atoms with Crippen molar-refractivity contribution in [2.24, 2.45) is 23.7 Å². The maximum atomic E-state index is 12.3. The zero-order valence-electron chi connectivity index (χ0n) is 33.0. The highest BCUT2D eigenvalue weighted by molar-refractivity contribution is 7.89. The lowest BCUT2D eigenvalue weighted by Gasteiger charge is -2.17. The molecule has 0 spiro atoms. The summed E-state index contributed by atoms with van der Waals surface area (Å²) < 4.78 is 131. The van der Waals surface area contributed by atoms with Crippen LogP contribution in [-0.4, -0.2) is 92.5 Å². The number of sulfonamides is 2. The van der Waals surface area contributed by atoms with Gasteiger partial charge in [0, 0.05) is 61.1 Å². The first-order valence-electron chi connectivity index (χ1n) is 20.0. The molecule has 0 unspecified atom stereocenters. The highest BCUT2D eigenvalue weighted by Gasteiger charge is 2.39. The van der Waals surface area contributed by atoms with E-state index in [0.29, 0.717) is 11.8 Å². The van der Waals surface area contributed by atoms with E-state index < -0.39 is 56.7 Å². The van der Waals surface area contributed by atoms with Gasteiger partial charge in [0.1, 0.15) is 0 Å². The van der Waals surface area contributed by atoms with Crippen molar-refractivity contribution in [3.8, 4) is 0 Å². The molecular weight excluding hydrogens is 839 g/mol. The predicted octanol–water partition coefficient (Wildman–Crippen LogP) is 7.20. The molecule has 328 valence electrons. The minimum absolute atomic E-state index is 0.0646. The van der Waals surface area contributed by atoms with Crippen molar-refractivity contribution >= 4 is 53.7 Å². The molecule has 0 bridgehead atoms. The van der Waals surface area contributed by atoms with Crippen LogP contribution in [-0.2, 0) is 20.0 Å². The number of H-pyrrole nitrogens is 2. The summed E-state index contributed by atoms with van der Waals surface area (Å²) in [6.45, 7) is 4.52. The molecule has 2 aliphatic carbocycles. The van der Waals surface area contributed by atoms with Gasteiger partial charge >= 0.3 is 12.4 Å². The Balaban J connectivity index is 0.000000181. The summed E-state index contributed by atoms with van der Waals surface area (Å²) in [5.41, 5.74) is 7.03. The highest BCUT2D eigenvalue weighted by atomic mass is 32.2. The molecule has 60 heavy (non-hydrogen) atoms. The fraction of sp³-hybridized carbons (Fsp3) is 0.579. The van der Waals surface area contributed by atoms with Gasteiger partial charge in [0.15, 0.2) is 22.6 Å². The lowest BCUT2D eigenvalue weighted by molar-refractivity contribution is -0.130. The van der Waals surface area contributed by atoms with E-state index in [9.17, 15) is 43.2 Å². The summed E-state index contributed by atoms with van der Waals surface area (Å²) in [4.78, 5) is 23.9. The van der Waals surface area contributed by atoms with Gasteiger partial charge in [0.2, 0.25) is 20.0 Å². The van der Waals surface area contributed by atoms with E-state index in [2.05, 4.69) is 62.0 Å². The summed E-state index contributed by atoms with van der Waals surface area (Å²) in [7, 11) is -7.91. The molecule has 4 N–H and O–H groups in total. The minimum Gasteiger partial charge on any atom is -0.345 e. The average molecular weight is 887 g/mol. The van der Waals surface area contributed by atoms with E-state index in [1.807, 2.05) is 36.9 Å². The van der Waals surface area contributed by atoms with Gasteiger partial charge in [0.05, 0.1) is 47.8 Å². The Morgan fingerprint density at radius 1 is 0.633 bits per heavy atom. The van der Waals surface area contributed by atoms with Crippen LogP contribution in [0.1, 0.15) is 88.4 Å². The zero-order valence-corrected chi connectivity index (χ0v) is 34.6. The largest absolute Gasteiger partial charge is 0.390 e. The van der Waals surface area contributed by atoms with Crippen LogP contribution in [0.2, 0.25) is 0 Å². The Kier molecular flexibility index (Phi) is 12.6. The van der Waals surface area contributed by atoms with Gasteiger partial charge in [0.25, 0.3) is 0 Å². The van der Waals surface area contributed by atoms with Crippen molar-refractivity contribution in [2.75, 3.05) is 24.6 Å². The Hall–Kier alpha value is -4.28. The Morgan fingerprint density at radius 3 is 1.40 bits per heavy atom. The average Bonchev–Trinajstić information content (AvgIpc) is 4.04. The predicted molar refractivity (Wildman–Crippen MR) is 213 cm³/mol. The molecule has 0 aromatic carbocycles. The number of aromatic amines is 2. The van der Waals surface area contributed by atoms with Gasteiger partial charge in [-0.1, -0.05) is 26.7 Å². The summed E-state index contributed by atoms with van der Waals surface area (Å²) in [6.07, 6.45) is 4.13. The van der Waals surface area contributed by atoms with Crippen LogP contribution in [0.25, 0.3) is 33.6 Å². The first kappa shape index (κ1) is 43.8. The Labute approximate surface area is 342 Å². The normalized spacial score (nSPS) is 23.0. The Bertz CT molecular complexity index is 2460. The molecule has 6 atom stereocenters. The lowest BCUT2D eigenvalue weighted by atomic mass is 9.91. The SMILES string of the molecule is CC[C@@H]1C[C@@H](CNS(=O)(=O)CCC(F)(F)F)C[C@@H]1c1cnc2cnc3[nH]ccc3n12.CC[C@H]1C[C@H](CNS(=O)(=O)CCC(F)(F)F)C[C@H]1c1cnc2cnc3[nH]ccc3n12. The van der Waals surface area contributed by atoms with Crippen molar-refractivity contribution in [1.82, 2.24) is 48.1 Å². The molecule has 22 heteroatoms. The van der Waals surface area contributed by atoms with Crippen molar-refractivity contribution in [2.45, 2.75) is 89.4 Å². The lowest BCUT2D eigenvalue weighted by Crippen LogP contribution is -2.32. The van der Waals surface area contributed by atoms with Gasteiger partial charge in [-0.15, -0.1) is 0 Å². The van der Waals surface area contributed by atoms with Crippen LogP contribution in [0.4, 0.5) is 26.3 Å². The third-order valence-corrected chi connectivity index (χ3v) is 14.7. The minimum atomic E-state index is -4.48. The molecule has 0 radical (unpaired) electrons. The smallest absolute Gasteiger partial charge is 0.345 e. The number of rotatable bonds is 14. The first-order chi connectivity index (χ1) is 28.3. The number of fused-ring (bicyclic) bond motifs is 6. The standard InChI is InChI=1S/2C19H24F3N5O2S/c2*1-2-13-7-12(9-26-30(28,29)6-4-19(20,21)22)8-14(13)16-10-24-17-11-25-18-15(27(16)17)3-5-23-18/h2*3,5,10-14,23,26H,2,4,6-9H2,1H3/t2*12-,13-,14+/m10/s1. The van der Waals surface area contributed by atoms with Crippen molar-refractivity contribution < 1.29 is 43.2 Å². The molecule has 0 saturated heterocycles. The number of hydrogen-bond acceptors (Lipinski definition) is 8. The number of nitrogens with one attached hydrogen (secondary N) is 4. The third-order valence-electron chi connectivity index (χ3n) is 12.0. The molecule has 2 aliphatic rings. The van der Waals surface area contributed by atoms with E-state index >= 15 is 0 Å². The maximum Gasteiger partial charge on any atom is 0.390 e. The monoisotopic (exact) mass is 886 g/mol. The second-order valence-corrected chi connectivity index (χ2v) is 19.8. The third kappa shape index (κ3) is 10.1. The number of alkyl halides is 6. The topological polar surface area (TPSA) is 184 Å². The number of hydrogen-bond donors (Lipinski definition) is 4. The molecule has 0 aliphatic heterocycles. The molecule has 0 amide bonds. The van der Waals surface area contributed by atoms with Crippen LogP contribution in [0.3, 0.4) is 0 Å². The van der Waals surface area contributed by atoms with E-state index in [1.165, 1.54) is 0 Å². The van der Waals surface area contributed by atoms with Gasteiger partial charge < -0.3 is 9.97 Å². The van der Waals surface area contributed by atoms with Crippen LogP contribution in [0.15, 0.2) is 49.3 Å². The number of halogens is 6. The van der Waals surface area contributed by atoms with Gasteiger partial charge in [-0.05, 0) is 61.5 Å². The molecule has 2 fully saturated rings. The molecule has 6 heterocycles. The van der Waals surface area contributed by atoms with Gasteiger partial charge in [-0.2, -0.15) is 26.3 Å². The maximum absolute atomic E-state index is 12.3. The molecule has 6 aromatic rings. The molecule has 2 saturated carbocycles. The number of aromatic nitrogens is 8. The molecule has 6 aromatic heterocycles. The van der Waals surface area contributed by atoms with Crippen LogP contribution < -0.4 is 9.44 Å². The van der Waals surface area contributed by atoms with Crippen LogP contribution >= 0.6 is 0 Å². The molecule has 8 rings (SSSR count). The summed E-state index contributed by atoms with van der Waals surface area (Å²) in [6, 6.07) is 3.89. The second-order valence-electron chi connectivity index (χ2n) is 16.0. The van der Waals surface area contributed by atoms with E-state index in [1.54, 1.807) is 12.4 Å². The van der Waals surface area contributed by atoms with Crippen molar-refractivity contribution in [3.05, 3.63) is 60.7 Å². The second kappa shape index (κ2) is 17.2. The van der Waals surface area contributed by atoms with Crippen LogP contribution in [0, 0.1) is 23.7 Å². The number of imidazole rings is 2. The summed E-state index contributed by atoms with van der Waals surface area (Å²) in [5.74, 6) is -0.672. The van der Waals surface area contributed by atoms with Crippen LogP contribution in [0.5, 0.6) is 0 Å². The van der Waals surface area contributed by atoms with E-state index in [-0.39, 0.29) is 36.8 Å². The highest BCUT2D eigenvalue weighted by Crippen LogP contribution is 2.46.